The average molecular weight is 238 g/mol. The molecule has 0 spiro atoms. The Kier molecular flexibility index (Phi) is 4.66. The molecule has 1 N–H and O–H groups in total. The third-order valence-electron chi connectivity index (χ3n) is 2.30. The van der Waals surface area contributed by atoms with Crippen molar-refractivity contribution in [3.8, 4) is 0 Å². The highest BCUT2D eigenvalue weighted by Crippen LogP contribution is 2.22. The van der Waals surface area contributed by atoms with Gasteiger partial charge in [0.25, 0.3) is 0 Å². The van der Waals surface area contributed by atoms with Crippen LogP contribution in [0.25, 0.3) is 0 Å². The van der Waals surface area contributed by atoms with Gasteiger partial charge in [-0.15, -0.1) is 0 Å². The van der Waals surface area contributed by atoms with Crippen molar-refractivity contribution in [3.05, 3.63) is 35.4 Å². The largest absolute Gasteiger partial charge is 0.394 e. The molecular formula is C13H18O4. The number of hydrogen-bond acceptors (Lipinski definition) is 4. The highest BCUT2D eigenvalue weighted by atomic mass is 17.2. The van der Waals surface area contributed by atoms with Crippen LogP contribution in [0, 0.1) is 0 Å². The lowest BCUT2D eigenvalue weighted by Crippen LogP contribution is -2.12. The topological polar surface area (TPSA) is 55.8 Å². The van der Waals surface area contributed by atoms with Gasteiger partial charge in [-0.2, -0.15) is 4.89 Å². The molecule has 0 atom stereocenters. The van der Waals surface area contributed by atoms with Gasteiger partial charge in [0.15, 0.2) is 0 Å². The van der Waals surface area contributed by atoms with Crippen LogP contribution in [0.3, 0.4) is 0 Å². The van der Waals surface area contributed by atoms with Gasteiger partial charge in [0.1, 0.15) is 6.61 Å². The highest BCUT2D eigenvalue weighted by Gasteiger charge is 2.15. The number of aliphatic hydroxyl groups excluding tert-OH is 1. The van der Waals surface area contributed by atoms with E-state index in [1.54, 1.807) is 12.1 Å². The Morgan fingerprint density at radius 3 is 2.29 bits per heavy atom. The van der Waals surface area contributed by atoms with Gasteiger partial charge in [-0.1, -0.05) is 32.9 Å². The molecule has 0 saturated heterocycles. The molecule has 1 aromatic rings. The van der Waals surface area contributed by atoms with Gasteiger partial charge < -0.3 is 5.11 Å². The molecule has 0 saturated carbocycles. The standard InChI is InChI=1S/C13H18O4/c1-13(2,3)11-6-4-10(5-7-11)12(15)17-16-9-8-14/h4-7,14H,8-9H2,1-3H3. The summed E-state index contributed by atoms with van der Waals surface area (Å²) >= 11 is 0. The summed E-state index contributed by atoms with van der Waals surface area (Å²) < 4.78 is 0. The maximum absolute atomic E-state index is 11.5. The summed E-state index contributed by atoms with van der Waals surface area (Å²) in [6, 6.07) is 7.18. The quantitative estimate of drug-likeness (QED) is 0.495. The molecule has 0 radical (unpaired) electrons. The van der Waals surface area contributed by atoms with Gasteiger partial charge in [-0.25, -0.2) is 4.79 Å². The van der Waals surface area contributed by atoms with E-state index in [0.29, 0.717) is 5.56 Å². The number of benzene rings is 1. The molecule has 17 heavy (non-hydrogen) atoms. The van der Waals surface area contributed by atoms with Crippen molar-refractivity contribution in [1.82, 2.24) is 0 Å². The van der Waals surface area contributed by atoms with Gasteiger partial charge in [-0.05, 0) is 23.1 Å². The minimum absolute atomic E-state index is 0.0220. The second-order valence-corrected chi connectivity index (χ2v) is 4.74. The second-order valence-electron chi connectivity index (χ2n) is 4.74. The maximum atomic E-state index is 11.5. The van der Waals surface area contributed by atoms with Gasteiger partial charge in [-0.3, -0.25) is 4.89 Å². The first-order valence-electron chi connectivity index (χ1n) is 5.50. The molecule has 0 aromatic heterocycles. The zero-order valence-electron chi connectivity index (χ0n) is 10.4. The van der Waals surface area contributed by atoms with Crippen LogP contribution in [-0.2, 0) is 15.2 Å². The van der Waals surface area contributed by atoms with E-state index in [2.05, 4.69) is 30.5 Å². The van der Waals surface area contributed by atoms with Gasteiger partial charge in [0, 0.05) is 0 Å². The second kappa shape index (κ2) is 5.80. The number of carbonyl (C=O) groups is 1. The van der Waals surface area contributed by atoms with Gasteiger partial charge >= 0.3 is 5.97 Å². The van der Waals surface area contributed by atoms with Crippen molar-refractivity contribution in [3.63, 3.8) is 0 Å². The molecule has 0 aliphatic heterocycles. The van der Waals surface area contributed by atoms with Crippen LogP contribution in [0.1, 0.15) is 36.7 Å². The Labute approximate surface area is 101 Å². The summed E-state index contributed by atoms with van der Waals surface area (Å²) in [5.74, 6) is -0.557. The lowest BCUT2D eigenvalue weighted by molar-refractivity contribution is -0.245. The van der Waals surface area contributed by atoms with E-state index >= 15 is 0 Å². The molecule has 0 aliphatic rings. The van der Waals surface area contributed by atoms with E-state index in [1.807, 2.05) is 12.1 Å². The van der Waals surface area contributed by atoms with E-state index in [1.165, 1.54) is 0 Å². The van der Waals surface area contributed by atoms with Crippen LogP contribution < -0.4 is 0 Å². The number of rotatable bonds is 4. The Bertz CT molecular complexity index is 362. The predicted octanol–water partition coefficient (Wildman–Crippen LogP) is 2.06. The first-order chi connectivity index (χ1) is 7.95. The monoisotopic (exact) mass is 238 g/mol. The first kappa shape index (κ1) is 13.7. The van der Waals surface area contributed by atoms with Crippen LogP contribution in [-0.4, -0.2) is 24.3 Å². The molecule has 0 heterocycles. The molecule has 0 unspecified atom stereocenters. The van der Waals surface area contributed by atoms with E-state index in [4.69, 9.17) is 5.11 Å². The molecule has 4 nitrogen and oxygen atoms in total. The molecular weight excluding hydrogens is 220 g/mol. The smallest absolute Gasteiger partial charge is 0.373 e. The van der Waals surface area contributed by atoms with Gasteiger partial charge in [0.05, 0.1) is 12.2 Å². The highest BCUT2D eigenvalue weighted by molar-refractivity contribution is 5.88. The van der Waals surface area contributed by atoms with Crippen molar-refractivity contribution < 1.29 is 19.7 Å². The first-order valence-corrected chi connectivity index (χ1v) is 5.50. The molecule has 0 fully saturated rings. The normalized spacial score (nSPS) is 11.3. The fraction of sp³-hybridized carbons (Fsp3) is 0.462. The minimum Gasteiger partial charge on any atom is -0.394 e. The summed E-state index contributed by atoms with van der Waals surface area (Å²) in [6.07, 6.45) is 0. The Balaban J connectivity index is 2.64. The fourth-order valence-electron chi connectivity index (χ4n) is 1.29. The fourth-order valence-corrected chi connectivity index (χ4v) is 1.29. The molecule has 0 bridgehead atoms. The SMILES string of the molecule is CC(C)(C)c1ccc(C(=O)OOCCO)cc1. The summed E-state index contributed by atoms with van der Waals surface area (Å²) in [6.45, 7) is 6.10. The van der Waals surface area contributed by atoms with Crippen molar-refractivity contribution in [2.45, 2.75) is 26.2 Å². The maximum Gasteiger partial charge on any atom is 0.373 e. The van der Waals surface area contributed by atoms with Crippen molar-refractivity contribution in [2.24, 2.45) is 0 Å². The van der Waals surface area contributed by atoms with Crippen LogP contribution in [0.15, 0.2) is 24.3 Å². The molecule has 0 amide bonds. The van der Waals surface area contributed by atoms with Crippen LogP contribution in [0.4, 0.5) is 0 Å². The molecule has 4 heteroatoms. The van der Waals surface area contributed by atoms with Crippen LogP contribution >= 0.6 is 0 Å². The summed E-state index contributed by atoms with van der Waals surface area (Å²) in [4.78, 5) is 20.4. The zero-order valence-corrected chi connectivity index (χ0v) is 10.4. The van der Waals surface area contributed by atoms with E-state index in [0.717, 1.165) is 5.56 Å². The van der Waals surface area contributed by atoms with Gasteiger partial charge in [0.2, 0.25) is 0 Å². The average Bonchev–Trinajstić information content (AvgIpc) is 2.28. The molecule has 1 aromatic carbocycles. The van der Waals surface area contributed by atoms with E-state index in [9.17, 15) is 4.79 Å². The summed E-state index contributed by atoms with van der Waals surface area (Å²) in [7, 11) is 0. The Morgan fingerprint density at radius 1 is 1.24 bits per heavy atom. The van der Waals surface area contributed by atoms with Crippen molar-refractivity contribution in [1.29, 1.82) is 0 Å². The predicted molar refractivity (Wildman–Crippen MR) is 63.6 cm³/mol. The van der Waals surface area contributed by atoms with Crippen LogP contribution in [0.2, 0.25) is 0 Å². The van der Waals surface area contributed by atoms with Crippen LogP contribution in [0.5, 0.6) is 0 Å². The molecule has 94 valence electrons. The lowest BCUT2D eigenvalue weighted by Gasteiger charge is -2.18. The van der Waals surface area contributed by atoms with Crippen molar-refractivity contribution >= 4 is 5.97 Å². The minimum atomic E-state index is -0.557. The Hall–Kier alpha value is -1.39. The number of hydrogen-bond donors (Lipinski definition) is 1. The summed E-state index contributed by atoms with van der Waals surface area (Å²) in [5.41, 5.74) is 1.62. The third kappa shape index (κ3) is 4.17. The number of carbonyl (C=O) groups excluding carboxylic acids is 1. The molecule has 1 rings (SSSR count). The molecule has 0 aliphatic carbocycles. The Morgan fingerprint density at radius 2 is 1.82 bits per heavy atom. The van der Waals surface area contributed by atoms with E-state index in [-0.39, 0.29) is 18.6 Å². The lowest BCUT2D eigenvalue weighted by atomic mass is 9.87. The van der Waals surface area contributed by atoms with Crippen molar-refractivity contribution in [2.75, 3.05) is 13.2 Å². The number of aliphatic hydroxyl groups is 1. The summed E-state index contributed by atoms with van der Waals surface area (Å²) in [5, 5.41) is 8.46. The third-order valence-corrected chi connectivity index (χ3v) is 2.30. The van der Waals surface area contributed by atoms with E-state index < -0.39 is 5.97 Å². The zero-order chi connectivity index (χ0) is 12.9.